The maximum absolute atomic E-state index is 10.0. The van der Waals surface area contributed by atoms with Crippen molar-refractivity contribution in [2.75, 3.05) is 0 Å². The monoisotopic (exact) mass is 154 g/mol. The zero-order valence-electron chi connectivity index (χ0n) is 4.07. The quantitative estimate of drug-likeness (QED) is 0.358. The predicted molar refractivity (Wildman–Crippen MR) is 24.4 cm³/mol. The molecular weight excluding hydrogens is 151 g/mol. The fourth-order valence-electron chi connectivity index (χ4n) is 0.355. The van der Waals surface area contributed by atoms with Crippen LogP contribution < -0.4 is 0 Å². The van der Waals surface area contributed by atoms with E-state index in [0.717, 1.165) is 0 Å². The first kappa shape index (κ1) is 6.60. The number of rotatable bonds is 0. The lowest BCUT2D eigenvalue weighted by Crippen LogP contribution is -2.32. The maximum atomic E-state index is 10.0. The van der Waals surface area contributed by atoms with Crippen LogP contribution in [0.4, 0.5) is 4.79 Å². The lowest BCUT2D eigenvalue weighted by molar-refractivity contribution is -0.165. The molecule has 1 rings (SSSR count). The molecule has 0 aromatic carbocycles. The summed E-state index contributed by atoms with van der Waals surface area (Å²) in [6.07, 6.45) is -3.01. The van der Waals surface area contributed by atoms with Gasteiger partial charge in [-0.2, -0.15) is 0 Å². The smallest absolute Gasteiger partial charge is 0.395 e. The molecule has 2 unspecified atom stereocenters. The van der Waals surface area contributed by atoms with Gasteiger partial charge in [-0.25, -0.2) is 4.79 Å². The van der Waals surface area contributed by atoms with Crippen molar-refractivity contribution >= 4 is 17.8 Å². The molecule has 0 amide bonds. The number of carbonyl (C=O) groups is 1. The average molecular weight is 155 g/mol. The van der Waals surface area contributed by atoms with Gasteiger partial charge in [-0.15, -0.1) is 0 Å². The van der Waals surface area contributed by atoms with E-state index in [1.807, 2.05) is 0 Å². The second kappa shape index (κ2) is 1.73. The average Bonchev–Trinajstić information content (AvgIpc) is 1.79. The van der Waals surface area contributed by atoms with Crippen LogP contribution >= 0.6 is 11.6 Å². The summed E-state index contributed by atoms with van der Waals surface area (Å²) in [5, 5.41) is 14.6. The molecule has 0 aromatic rings. The topological polar surface area (TPSA) is 76.0 Å². The van der Waals surface area contributed by atoms with Gasteiger partial charge in [0.15, 0.2) is 0 Å². The van der Waals surface area contributed by atoms with Gasteiger partial charge < -0.3 is 19.7 Å². The van der Waals surface area contributed by atoms with Gasteiger partial charge in [0.25, 0.3) is 6.29 Å². The summed E-state index contributed by atoms with van der Waals surface area (Å²) in [5.41, 5.74) is 0. The Morgan fingerprint density at radius 3 is 2.44 bits per heavy atom. The van der Waals surface area contributed by atoms with Gasteiger partial charge in [0.1, 0.15) is 0 Å². The van der Waals surface area contributed by atoms with Gasteiger partial charge in [-0.3, -0.25) is 0 Å². The highest BCUT2D eigenvalue weighted by Crippen LogP contribution is 2.26. The van der Waals surface area contributed by atoms with Crippen molar-refractivity contribution in [2.45, 2.75) is 11.5 Å². The summed E-state index contributed by atoms with van der Waals surface area (Å²) in [5.74, 6) is 0. The van der Waals surface area contributed by atoms with Crippen LogP contribution in [0.5, 0.6) is 0 Å². The van der Waals surface area contributed by atoms with Gasteiger partial charge in [0.05, 0.1) is 0 Å². The number of aliphatic hydroxyl groups is 2. The van der Waals surface area contributed by atoms with Crippen LogP contribution in [0, 0.1) is 0 Å². The fourth-order valence-corrected chi connectivity index (χ4v) is 0.463. The van der Waals surface area contributed by atoms with E-state index in [1.54, 1.807) is 0 Å². The minimum Gasteiger partial charge on any atom is -0.395 e. The van der Waals surface area contributed by atoms with Crippen molar-refractivity contribution in [3.8, 4) is 0 Å². The van der Waals surface area contributed by atoms with Crippen LogP contribution in [-0.2, 0) is 9.47 Å². The first-order chi connectivity index (χ1) is 4.02. The summed E-state index contributed by atoms with van der Waals surface area (Å²) in [4.78, 5) is 10.0. The molecule has 0 radical (unpaired) electrons. The highest BCUT2D eigenvalue weighted by Gasteiger charge is 2.48. The maximum Gasteiger partial charge on any atom is 0.514 e. The second-order valence-corrected chi connectivity index (χ2v) is 1.97. The number of alkyl halides is 1. The molecule has 1 aliphatic rings. The molecule has 0 bridgehead atoms. The molecule has 6 heteroatoms. The number of cyclic esters (lactones) is 2. The molecule has 2 N–H and O–H groups in total. The van der Waals surface area contributed by atoms with E-state index in [-0.39, 0.29) is 0 Å². The van der Waals surface area contributed by atoms with Crippen molar-refractivity contribution in [3.63, 3.8) is 0 Å². The number of aliphatic hydroxyl groups excluding tert-OH is 1. The van der Waals surface area contributed by atoms with E-state index in [4.69, 9.17) is 21.8 Å². The van der Waals surface area contributed by atoms with E-state index < -0.39 is 17.7 Å². The Morgan fingerprint density at radius 1 is 1.78 bits per heavy atom. The van der Waals surface area contributed by atoms with E-state index in [9.17, 15) is 4.79 Å². The van der Waals surface area contributed by atoms with Gasteiger partial charge >= 0.3 is 11.4 Å². The molecule has 1 aliphatic heterocycles. The SMILES string of the molecule is O=C1OC(O)C(O)(Cl)O1. The minimum atomic E-state index is -2.42. The summed E-state index contributed by atoms with van der Waals surface area (Å²) in [6, 6.07) is 0. The Hall–Kier alpha value is -0.520. The van der Waals surface area contributed by atoms with Crippen LogP contribution in [0.15, 0.2) is 0 Å². The molecule has 0 aromatic heterocycles. The Bertz CT molecular complexity index is 143. The number of hydrogen-bond acceptors (Lipinski definition) is 5. The highest BCUT2D eigenvalue weighted by atomic mass is 35.5. The Balaban J connectivity index is 2.69. The molecule has 1 fully saturated rings. The van der Waals surface area contributed by atoms with E-state index in [1.165, 1.54) is 0 Å². The summed E-state index contributed by atoms with van der Waals surface area (Å²) >= 11 is 4.95. The number of carbonyl (C=O) groups excluding carboxylic acids is 1. The zero-order valence-corrected chi connectivity index (χ0v) is 4.83. The lowest BCUT2D eigenvalue weighted by atomic mass is 10.6. The van der Waals surface area contributed by atoms with Gasteiger partial charge in [0.2, 0.25) is 0 Å². The van der Waals surface area contributed by atoms with Crippen molar-refractivity contribution in [3.05, 3.63) is 0 Å². The van der Waals surface area contributed by atoms with Crippen LogP contribution in [0.2, 0.25) is 0 Å². The molecule has 9 heavy (non-hydrogen) atoms. The molecular formula is C3H3ClO5. The third-order valence-corrected chi connectivity index (χ3v) is 1.00. The van der Waals surface area contributed by atoms with E-state index in [2.05, 4.69) is 9.47 Å². The van der Waals surface area contributed by atoms with Gasteiger partial charge in [-0.1, -0.05) is 0 Å². The largest absolute Gasteiger partial charge is 0.514 e. The van der Waals surface area contributed by atoms with Crippen LogP contribution in [0.1, 0.15) is 0 Å². The molecule has 0 aliphatic carbocycles. The predicted octanol–water partition coefficient (Wildman–Crippen LogP) is -0.643. The van der Waals surface area contributed by atoms with Crippen LogP contribution in [0.25, 0.3) is 0 Å². The van der Waals surface area contributed by atoms with E-state index >= 15 is 0 Å². The lowest BCUT2D eigenvalue weighted by Gasteiger charge is -2.10. The molecule has 1 heterocycles. The molecule has 2 atom stereocenters. The Labute approximate surface area is 54.7 Å². The van der Waals surface area contributed by atoms with Gasteiger partial charge in [-0.05, 0) is 11.6 Å². The van der Waals surface area contributed by atoms with E-state index in [0.29, 0.717) is 0 Å². The van der Waals surface area contributed by atoms with Crippen molar-refractivity contribution in [1.82, 2.24) is 0 Å². The molecule has 0 saturated carbocycles. The fraction of sp³-hybridized carbons (Fsp3) is 0.667. The second-order valence-electron chi connectivity index (χ2n) is 1.43. The first-order valence-electron chi connectivity index (χ1n) is 2.01. The molecule has 1 saturated heterocycles. The minimum absolute atomic E-state index is 1.19. The zero-order chi connectivity index (χ0) is 7.07. The summed E-state index contributed by atoms with van der Waals surface area (Å²) < 4.78 is 7.76. The third-order valence-electron chi connectivity index (χ3n) is 0.739. The van der Waals surface area contributed by atoms with Crippen molar-refractivity contribution in [1.29, 1.82) is 0 Å². The third kappa shape index (κ3) is 1.07. The molecule has 52 valence electrons. The van der Waals surface area contributed by atoms with Crippen LogP contribution in [0.3, 0.4) is 0 Å². The number of halogens is 1. The Morgan fingerprint density at radius 2 is 2.33 bits per heavy atom. The normalized spacial score (nSPS) is 42.1. The van der Waals surface area contributed by atoms with Crippen molar-refractivity contribution in [2.24, 2.45) is 0 Å². The Kier molecular flexibility index (Phi) is 1.27. The first-order valence-corrected chi connectivity index (χ1v) is 2.39. The highest BCUT2D eigenvalue weighted by molar-refractivity contribution is 6.22. The number of hydrogen-bond donors (Lipinski definition) is 2. The summed E-state index contributed by atoms with van der Waals surface area (Å²) in [7, 11) is 0. The summed E-state index contributed by atoms with van der Waals surface area (Å²) in [6.45, 7) is 0. The standard InChI is InChI=1S/C3H3ClO5/c4-3(7)1(5)8-2(6)9-3/h1,5,7H. The van der Waals surface area contributed by atoms with Crippen LogP contribution in [-0.4, -0.2) is 27.9 Å². The molecule has 0 spiro atoms. The number of ether oxygens (including phenoxy) is 2. The molecule has 5 nitrogen and oxygen atoms in total. The van der Waals surface area contributed by atoms with Gasteiger partial charge in [0, 0.05) is 0 Å². The van der Waals surface area contributed by atoms with Crippen molar-refractivity contribution < 1.29 is 24.5 Å².